The lowest BCUT2D eigenvalue weighted by Crippen LogP contribution is -2.17. The van der Waals surface area contributed by atoms with Gasteiger partial charge in [0, 0.05) is 23.1 Å². The fraction of sp³-hybridized carbons (Fsp3) is 0.444. The van der Waals surface area contributed by atoms with Crippen molar-refractivity contribution in [1.82, 2.24) is 4.98 Å². The van der Waals surface area contributed by atoms with E-state index in [0.29, 0.717) is 10.2 Å². The van der Waals surface area contributed by atoms with E-state index in [0.717, 1.165) is 0 Å². The summed E-state index contributed by atoms with van der Waals surface area (Å²) in [6.07, 6.45) is -3.71. The van der Waals surface area contributed by atoms with Crippen LogP contribution in [0.15, 0.2) is 22.8 Å². The molecule has 0 amide bonds. The summed E-state index contributed by atoms with van der Waals surface area (Å²) in [4.78, 5) is 3.94. The molecule has 1 heterocycles. The second kappa shape index (κ2) is 4.94. The minimum atomic E-state index is -4.17. The van der Waals surface area contributed by atoms with Crippen LogP contribution in [0.2, 0.25) is 0 Å². The van der Waals surface area contributed by atoms with Crippen LogP contribution in [0.1, 0.15) is 24.6 Å². The molecule has 84 valence electrons. The molecule has 0 bridgehead atoms. The van der Waals surface area contributed by atoms with Gasteiger partial charge in [-0.3, -0.25) is 4.98 Å². The zero-order valence-electron chi connectivity index (χ0n) is 7.76. The van der Waals surface area contributed by atoms with Crippen molar-refractivity contribution in [2.45, 2.75) is 25.1 Å². The van der Waals surface area contributed by atoms with E-state index < -0.39 is 18.6 Å². The van der Waals surface area contributed by atoms with Gasteiger partial charge in [-0.25, -0.2) is 0 Å². The molecule has 1 atom stereocenters. The first-order chi connectivity index (χ1) is 6.90. The van der Waals surface area contributed by atoms with E-state index in [4.69, 9.17) is 5.73 Å². The van der Waals surface area contributed by atoms with E-state index in [9.17, 15) is 13.2 Å². The van der Waals surface area contributed by atoms with Crippen molar-refractivity contribution in [3.63, 3.8) is 0 Å². The van der Waals surface area contributed by atoms with Crippen molar-refractivity contribution in [2.24, 2.45) is 5.73 Å². The van der Waals surface area contributed by atoms with Gasteiger partial charge in [-0.15, -0.1) is 0 Å². The van der Waals surface area contributed by atoms with Crippen LogP contribution in [-0.4, -0.2) is 11.2 Å². The molecule has 0 aliphatic rings. The SMILES string of the molecule is NC(CCC(F)(F)F)c1ncccc1Br. The highest BCUT2D eigenvalue weighted by molar-refractivity contribution is 9.10. The number of pyridine rings is 1. The van der Waals surface area contributed by atoms with Crippen LogP contribution >= 0.6 is 15.9 Å². The lowest BCUT2D eigenvalue weighted by atomic mass is 10.1. The predicted octanol–water partition coefficient (Wildman–Crippen LogP) is 3.19. The maximum Gasteiger partial charge on any atom is 0.389 e. The molecule has 0 saturated heterocycles. The van der Waals surface area contributed by atoms with Gasteiger partial charge in [0.25, 0.3) is 0 Å². The molecule has 0 radical (unpaired) electrons. The number of nitrogens with two attached hydrogens (primary N) is 1. The van der Waals surface area contributed by atoms with Gasteiger partial charge in [0.15, 0.2) is 0 Å². The van der Waals surface area contributed by atoms with Gasteiger partial charge in [-0.1, -0.05) is 0 Å². The van der Waals surface area contributed by atoms with Gasteiger partial charge in [-0.05, 0) is 34.5 Å². The van der Waals surface area contributed by atoms with E-state index in [2.05, 4.69) is 20.9 Å². The Morgan fingerprint density at radius 2 is 2.13 bits per heavy atom. The molecule has 0 spiro atoms. The van der Waals surface area contributed by atoms with Crippen LogP contribution in [0, 0.1) is 0 Å². The molecule has 2 nitrogen and oxygen atoms in total. The summed E-state index contributed by atoms with van der Waals surface area (Å²) >= 11 is 3.19. The van der Waals surface area contributed by atoms with Crippen molar-refractivity contribution in [2.75, 3.05) is 0 Å². The molecule has 0 aliphatic heterocycles. The Morgan fingerprint density at radius 3 is 2.67 bits per heavy atom. The topological polar surface area (TPSA) is 38.9 Å². The highest BCUT2D eigenvalue weighted by Crippen LogP contribution is 2.28. The highest BCUT2D eigenvalue weighted by Gasteiger charge is 2.28. The van der Waals surface area contributed by atoms with Crippen molar-refractivity contribution in [3.8, 4) is 0 Å². The van der Waals surface area contributed by atoms with Gasteiger partial charge in [0.1, 0.15) is 0 Å². The Balaban J connectivity index is 2.62. The molecule has 0 fully saturated rings. The van der Waals surface area contributed by atoms with Crippen LogP contribution in [-0.2, 0) is 0 Å². The second-order valence-electron chi connectivity index (χ2n) is 3.13. The number of hydrogen-bond donors (Lipinski definition) is 1. The minimum absolute atomic E-state index is 0.154. The third-order valence-corrected chi connectivity index (χ3v) is 2.55. The maximum atomic E-state index is 11.9. The van der Waals surface area contributed by atoms with Crippen LogP contribution in [0.25, 0.3) is 0 Å². The van der Waals surface area contributed by atoms with Gasteiger partial charge in [-0.2, -0.15) is 13.2 Å². The fourth-order valence-corrected chi connectivity index (χ4v) is 1.68. The summed E-state index contributed by atoms with van der Waals surface area (Å²) in [5.41, 5.74) is 6.07. The Kier molecular flexibility index (Phi) is 4.10. The van der Waals surface area contributed by atoms with Crippen molar-refractivity contribution >= 4 is 15.9 Å². The molecule has 15 heavy (non-hydrogen) atoms. The predicted molar refractivity (Wildman–Crippen MR) is 54.2 cm³/mol. The summed E-state index contributed by atoms with van der Waals surface area (Å²) in [6, 6.07) is 2.70. The van der Waals surface area contributed by atoms with E-state index in [1.54, 1.807) is 12.1 Å². The Hall–Kier alpha value is -0.620. The summed E-state index contributed by atoms with van der Waals surface area (Å²) in [5.74, 6) is 0. The van der Waals surface area contributed by atoms with E-state index in [1.165, 1.54) is 6.20 Å². The zero-order chi connectivity index (χ0) is 11.5. The zero-order valence-corrected chi connectivity index (χ0v) is 9.35. The van der Waals surface area contributed by atoms with Gasteiger partial charge in [0.2, 0.25) is 0 Å². The lowest BCUT2D eigenvalue weighted by Gasteiger charge is -2.13. The highest BCUT2D eigenvalue weighted by atomic mass is 79.9. The molecule has 6 heteroatoms. The Bertz CT molecular complexity index is 327. The van der Waals surface area contributed by atoms with Crippen molar-refractivity contribution in [1.29, 1.82) is 0 Å². The molecule has 1 unspecified atom stereocenters. The maximum absolute atomic E-state index is 11.9. The molecule has 2 N–H and O–H groups in total. The minimum Gasteiger partial charge on any atom is -0.323 e. The summed E-state index contributed by atoms with van der Waals surface area (Å²) in [6.45, 7) is 0. The molecule has 1 rings (SSSR count). The van der Waals surface area contributed by atoms with E-state index >= 15 is 0 Å². The van der Waals surface area contributed by atoms with Crippen LogP contribution in [0.4, 0.5) is 13.2 Å². The summed E-state index contributed by atoms with van der Waals surface area (Å²) in [5, 5.41) is 0. The quantitative estimate of drug-likeness (QED) is 0.925. The van der Waals surface area contributed by atoms with Crippen LogP contribution in [0.3, 0.4) is 0 Å². The molecule has 1 aromatic heterocycles. The van der Waals surface area contributed by atoms with Crippen LogP contribution in [0.5, 0.6) is 0 Å². The summed E-state index contributed by atoms with van der Waals surface area (Å²) in [7, 11) is 0. The van der Waals surface area contributed by atoms with Gasteiger partial charge < -0.3 is 5.73 Å². The molecule has 0 aromatic carbocycles. The molecular formula is C9H10BrF3N2. The van der Waals surface area contributed by atoms with Crippen LogP contribution < -0.4 is 5.73 Å². The van der Waals surface area contributed by atoms with Crippen molar-refractivity contribution in [3.05, 3.63) is 28.5 Å². The third-order valence-electron chi connectivity index (χ3n) is 1.88. The standard InChI is InChI=1S/C9H10BrF3N2/c10-6-2-1-5-15-8(6)7(14)3-4-9(11,12)13/h1-2,5,7H,3-4,14H2. The summed E-state index contributed by atoms with van der Waals surface area (Å²) < 4.78 is 36.5. The fourth-order valence-electron chi connectivity index (χ4n) is 1.13. The smallest absolute Gasteiger partial charge is 0.323 e. The number of nitrogens with zero attached hydrogens (tertiary/aromatic N) is 1. The molecule has 1 aromatic rings. The van der Waals surface area contributed by atoms with Gasteiger partial charge >= 0.3 is 6.18 Å². The molecular weight excluding hydrogens is 273 g/mol. The number of hydrogen-bond acceptors (Lipinski definition) is 2. The van der Waals surface area contributed by atoms with E-state index in [-0.39, 0.29) is 6.42 Å². The van der Waals surface area contributed by atoms with Gasteiger partial charge in [0.05, 0.1) is 5.69 Å². The first-order valence-electron chi connectivity index (χ1n) is 4.33. The number of rotatable bonds is 3. The number of aromatic nitrogens is 1. The normalized spacial score (nSPS) is 13.9. The monoisotopic (exact) mass is 282 g/mol. The third kappa shape index (κ3) is 4.17. The molecule has 0 saturated carbocycles. The van der Waals surface area contributed by atoms with Crippen molar-refractivity contribution < 1.29 is 13.2 Å². The number of alkyl halides is 3. The first kappa shape index (κ1) is 12.4. The largest absolute Gasteiger partial charge is 0.389 e. The van der Waals surface area contributed by atoms with E-state index in [1.807, 2.05) is 0 Å². The second-order valence-corrected chi connectivity index (χ2v) is 3.99. The Morgan fingerprint density at radius 1 is 1.47 bits per heavy atom. The first-order valence-corrected chi connectivity index (χ1v) is 5.12. The Labute approximate surface area is 93.8 Å². The molecule has 0 aliphatic carbocycles. The average molecular weight is 283 g/mol. The number of halogens is 4. The lowest BCUT2D eigenvalue weighted by molar-refractivity contribution is -0.136. The average Bonchev–Trinajstić information content (AvgIpc) is 2.14.